The lowest BCUT2D eigenvalue weighted by Crippen LogP contribution is -2.43. The highest BCUT2D eigenvalue weighted by Gasteiger charge is 2.17. The summed E-state index contributed by atoms with van der Waals surface area (Å²) >= 11 is 3.57. The van der Waals surface area contributed by atoms with Gasteiger partial charge in [0, 0.05) is 32.4 Å². The Hall–Kier alpha value is -1.14. The summed E-state index contributed by atoms with van der Waals surface area (Å²) in [4.78, 5) is 6.65. The summed E-state index contributed by atoms with van der Waals surface area (Å²) < 4.78 is 1.03. The van der Waals surface area contributed by atoms with E-state index in [4.69, 9.17) is 0 Å². The number of aromatic nitrogens is 3. The highest BCUT2D eigenvalue weighted by Crippen LogP contribution is 2.32. The van der Waals surface area contributed by atoms with Gasteiger partial charge in [-0.1, -0.05) is 0 Å². The van der Waals surface area contributed by atoms with Gasteiger partial charge in [0.05, 0.1) is 21.7 Å². The van der Waals surface area contributed by atoms with Crippen LogP contribution in [0.3, 0.4) is 0 Å². The van der Waals surface area contributed by atoms with E-state index in [9.17, 15) is 0 Å². The largest absolute Gasteiger partial charge is 0.367 e. The van der Waals surface area contributed by atoms with Crippen LogP contribution >= 0.6 is 15.9 Å². The zero-order valence-corrected chi connectivity index (χ0v) is 10.3. The van der Waals surface area contributed by atoms with Crippen LogP contribution < -0.4 is 10.2 Å². The van der Waals surface area contributed by atoms with Crippen LogP contribution in [0.2, 0.25) is 0 Å². The molecule has 2 aromatic rings. The monoisotopic (exact) mass is 281 g/mol. The van der Waals surface area contributed by atoms with Crippen LogP contribution in [-0.4, -0.2) is 41.4 Å². The van der Waals surface area contributed by atoms with Crippen molar-refractivity contribution in [3.8, 4) is 0 Å². The van der Waals surface area contributed by atoms with Crippen molar-refractivity contribution in [2.24, 2.45) is 0 Å². The second-order valence-corrected chi connectivity index (χ2v) is 4.68. The first-order valence-electron chi connectivity index (χ1n) is 5.29. The van der Waals surface area contributed by atoms with Gasteiger partial charge in [-0.3, -0.25) is 5.10 Å². The summed E-state index contributed by atoms with van der Waals surface area (Å²) in [6, 6.07) is 0. The number of pyridine rings is 1. The minimum atomic E-state index is 0.844. The lowest BCUT2D eigenvalue weighted by molar-refractivity contribution is 0.589. The number of halogens is 1. The number of nitrogens with one attached hydrogen (secondary N) is 2. The molecule has 0 amide bonds. The number of hydrogen-bond donors (Lipinski definition) is 2. The Morgan fingerprint density at radius 2 is 2.06 bits per heavy atom. The van der Waals surface area contributed by atoms with Gasteiger partial charge in [0.2, 0.25) is 0 Å². The SMILES string of the molecule is Brc1cnc2[nH]ncc2c1N1CCNCC1. The molecule has 0 unspecified atom stereocenters. The third-order valence-corrected chi connectivity index (χ3v) is 3.42. The lowest BCUT2D eigenvalue weighted by atomic mass is 10.2. The standard InChI is InChI=1S/C10H12BrN5/c11-8-6-13-10-7(5-14-15-10)9(8)16-3-1-12-2-4-16/h5-6,12H,1-4H2,(H,13,14,15). The number of H-pyrrole nitrogens is 1. The smallest absolute Gasteiger partial charge is 0.157 e. The van der Waals surface area contributed by atoms with Gasteiger partial charge in [0.25, 0.3) is 0 Å². The maximum absolute atomic E-state index is 4.29. The number of nitrogens with zero attached hydrogens (tertiary/aromatic N) is 3. The molecule has 1 fully saturated rings. The van der Waals surface area contributed by atoms with E-state index in [1.807, 2.05) is 12.4 Å². The van der Waals surface area contributed by atoms with Crippen LogP contribution in [0.1, 0.15) is 0 Å². The fraction of sp³-hybridized carbons (Fsp3) is 0.400. The van der Waals surface area contributed by atoms with Crippen LogP contribution in [0.25, 0.3) is 11.0 Å². The minimum Gasteiger partial charge on any atom is -0.367 e. The van der Waals surface area contributed by atoms with Crippen LogP contribution in [0.5, 0.6) is 0 Å². The van der Waals surface area contributed by atoms with Gasteiger partial charge >= 0.3 is 0 Å². The molecule has 3 heterocycles. The van der Waals surface area contributed by atoms with Crippen molar-refractivity contribution in [1.29, 1.82) is 0 Å². The van der Waals surface area contributed by atoms with Crippen molar-refractivity contribution >= 4 is 32.7 Å². The summed E-state index contributed by atoms with van der Waals surface area (Å²) in [6.07, 6.45) is 3.67. The Morgan fingerprint density at radius 1 is 1.25 bits per heavy atom. The molecule has 2 aromatic heterocycles. The predicted molar refractivity (Wildman–Crippen MR) is 66.7 cm³/mol. The van der Waals surface area contributed by atoms with E-state index in [1.54, 1.807) is 0 Å². The zero-order chi connectivity index (χ0) is 11.0. The summed E-state index contributed by atoms with van der Waals surface area (Å²) in [5.41, 5.74) is 2.04. The van der Waals surface area contributed by atoms with Crippen LogP contribution in [-0.2, 0) is 0 Å². The number of rotatable bonds is 1. The molecule has 0 saturated carbocycles. The number of hydrogen-bond acceptors (Lipinski definition) is 4. The van der Waals surface area contributed by atoms with Gasteiger partial charge in [-0.2, -0.15) is 5.10 Å². The maximum atomic E-state index is 4.29. The van der Waals surface area contributed by atoms with E-state index in [2.05, 4.69) is 41.3 Å². The Labute approximate surface area is 101 Å². The van der Waals surface area contributed by atoms with E-state index < -0.39 is 0 Å². The quantitative estimate of drug-likeness (QED) is 0.823. The zero-order valence-electron chi connectivity index (χ0n) is 8.70. The van der Waals surface area contributed by atoms with Gasteiger partial charge in [0.15, 0.2) is 5.65 Å². The topological polar surface area (TPSA) is 56.8 Å². The van der Waals surface area contributed by atoms with Gasteiger partial charge in [0.1, 0.15) is 0 Å². The molecule has 0 bridgehead atoms. The first-order valence-corrected chi connectivity index (χ1v) is 6.09. The Bertz CT molecular complexity index is 503. The molecule has 1 aliphatic rings. The van der Waals surface area contributed by atoms with E-state index >= 15 is 0 Å². The van der Waals surface area contributed by atoms with Crippen LogP contribution in [0.4, 0.5) is 5.69 Å². The highest BCUT2D eigenvalue weighted by molar-refractivity contribution is 9.10. The Morgan fingerprint density at radius 3 is 2.88 bits per heavy atom. The molecule has 16 heavy (non-hydrogen) atoms. The molecule has 0 atom stereocenters. The van der Waals surface area contributed by atoms with Crippen molar-refractivity contribution in [1.82, 2.24) is 20.5 Å². The molecule has 0 radical (unpaired) electrons. The van der Waals surface area contributed by atoms with Crippen molar-refractivity contribution in [3.05, 3.63) is 16.9 Å². The van der Waals surface area contributed by atoms with Gasteiger partial charge in [-0.05, 0) is 15.9 Å². The first kappa shape index (κ1) is 10.0. The normalized spacial score (nSPS) is 16.9. The molecule has 5 nitrogen and oxygen atoms in total. The second-order valence-electron chi connectivity index (χ2n) is 3.82. The van der Waals surface area contributed by atoms with E-state index in [-0.39, 0.29) is 0 Å². The number of fused-ring (bicyclic) bond motifs is 1. The van der Waals surface area contributed by atoms with Crippen LogP contribution in [0, 0.1) is 0 Å². The lowest BCUT2D eigenvalue weighted by Gasteiger charge is -2.30. The average molecular weight is 282 g/mol. The number of aromatic amines is 1. The summed E-state index contributed by atoms with van der Waals surface area (Å²) in [7, 11) is 0. The van der Waals surface area contributed by atoms with Crippen molar-refractivity contribution in [3.63, 3.8) is 0 Å². The number of piperazine rings is 1. The molecule has 1 aliphatic heterocycles. The summed E-state index contributed by atoms with van der Waals surface area (Å²) in [6.45, 7) is 4.08. The molecular weight excluding hydrogens is 270 g/mol. The maximum Gasteiger partial charge on any atom is 0.157 e. The Kier molecular flexibility index (Phi) is 2.53. The van der Waals surface area contributed by atoms with Gasteiger partial charge < -0.3 is 10.2 Å². The second kappa shape index (κ2) is 4.03. The molecule has 2 N–H and O–H groups in total. The Balaban J connectivity index is 2.12. The predicted octanol–water partition coefficient (Wildman–Crippen LogP) is 1.13. The van der Waals surface area contributed by atoms with Crippen LogP contribution in [0.15, 0.2) is 16.9 Å². The highest BCUT2D eigenvalue weighted by atomic mass is 79.9. The van der Waals surface area contributed by atoms with Crippen molar-refractivity contribution in [2.75, 3.05) is 31.1 Å². The molecule has 0 aliphatic carbocycles. The number of anilines is 1. The van der Waals surface area contributed by atoms with E-state index in [1.165, 1.54) is 5.69 Å². The minimum absolute atomic E-state index is 0.844. The summed E-state index contributed by atoms with van der Waals surface area (Å²) in [5.74, 6) is 0. The molecule has 84 valence electrons. The van der Waals surface area contributed by atoms with Gasteiger partial charge in [-0.15, -0.1) is 0 Å². The fourth-order valence-electron chi connectivity index (χ4n) is 2.07. The molecule has 1 saturated heterocycles. The molecule has 6 heteroatoms. The average Bonchev–Trinajstić information content (AvgIpc) is 2.78. The van der Waals surface area contributed by atoms with E-state index in [0.717, 1.165) is 41.7 Å². The molecule has 3 rings (SSSR count). The fourth-order valence-corrected chi connectivity index (χ4v) is 2.64. The van der Waals surface area contributed by atoms with Crippen molar-refractivity contribution in [2.45, 2.75) is 0 Å². The summed E-state index contributed by atoms with van der Waals surface area (Å²) in [5, 5.41) is 11.4. The third kappa shape index (κ3) is 1.58. The van der Waals surface area contributed by atoms with Gasteiger partial charge in [-0.25, -0.2) is 4.98 Å². The molecular formula is C10H12BrN5. The van der Waals surface area contributed by atoms with Crippen molar-refractivity contribution < 1.29 is 0 Å². The van der Waals surface area contributed by atoms with E-state index in [0.29, 0.717) is 0 Å². The first-order chi connectivity index (χ1) is 7.86. The third-order valence-electron chi connectivity index (χ3n) is 2.84. The molecule has 0 aromatic carbocycles. The molecule has 0 spiro atoms.